The molecule has 0 aliphatic heterocycles. The summed E-state index contributed by atoms with van der Waals surface area (Å²) < 4.78 is 5.35. The van der Waals surface area contributed by atoms with E-state index in [1.165, 1.54) is 6.07 Å². The van der Waals surface area contributed by atoms with Crippen LogP contribution in [0.15, 0.2) is 42.5 Å². The smallest absolute Gasteiger partial charge is 0.221 e. The number of hydrogen-bond donors (Lipinski definition) is 2. The summed E-state index contributed by atoms with van der Waals surface area (Å²) in [6, 6.07) is 12.1. The van der Waals surface area contributed by atoms with E-state index in [0.717, 1.165) is 5.56 Å². The third kappa shape index (κ3) is 3.09. The normalized spacial score (nSPS) is 10.6. The molecule has 3 aromatic rings. The minimum Gasteiger partial charge on any atom is -0.506 e. The fourth-order valence-corrected chi connectivity index (χ4v) is 2.85. The molecule has 0 bridgehead atoms. The molecule has 0 aliphatic rings. The number of halogens is 2. The predicted molar refractivity (Wildman–Crippen MR) is 95.6 cm³/mol. The van der Waals surface area contributed by atoms with Gasteiger partial charge in [-0.3, -0.25) is 0 Å². The molecule has 0 unspecified atom stereocenters. The number of phenols is 1. The summed E-state index contributed by atoms with van der Waals surface area (Å²) in [6.07, 6.45) is 0. The van der Waals surface area contributed by atoms with E-state index in [2.05, 4.69) is 9.97 Å². The lowest BCUT2D eigenvalue weighted by atomic mass is 10.1. The average molecular weight is 362 g/mol. The number of nitrogens with zero attached hydrogens (tertiary/aromatic N) is 2. The van der Waals surface area contributed by atoms with E-state index in [0.29, 0.717) is 27.7 Å². The quantitative estimate of drug-likeness (QED) is 0.721. The van der Waals surface area contributed by atoms with Crippen molar-refractivity contribution in [2.24, 2.45) is 0 Å². The molecule has 3 rings (SSSR count). The number of ether oxygens (including phenoxy) is 1. The van der Waals surface area contributed by atoms with Gasteiger partial charge in [0.1, 0.15) is 11.5 Å². The van der Waals surface area contributed by atoms with Gasteiger partial charge in [0.15, 0.2) is 0 Å². The first-order valence-electron chi connectivity index (χ1n) is 6.96. The van der Waals surface area contributed by atoms with Gasteiger partial charge in [-0.15, -0.1) is 0 Å². The van der Waals surface area contributed by atoms with E-state index in [-0.39, 0.29) is 16.7 Å². The third-order valence-corrected chi connectivity index (χ3v) is 3.94. The van der Waals surface area contributed by atoms with Gasteiger partial charge in [0.2, 0.25) is 5.95 Å². The summed E-state index contributed by atoms with van der Waals surface area (Å²) in [5, 5.41) is 10.7. The molecule has 1 aromatic heterocycles. The van der Waals surface area contributed by atoms with Crippen LogP contribution in [0.1, 0.15) is 0 Å². The molecule has 0 amide bonds. The number of nitrogens with two attached hydrogens (primary N) is 1. The molecule has 0 radical (unpaired) electrons. The zero-order chi connectivity index (χ0) is 17.3. The van der Waals surface area contributed by atoms with Crippen molar-refractivity contribution in [3.05, 3.63) is 52.5 Å². The zero-order valence-corrected chi connectivity index (χ0v) is 14.1. The maximum absolute atomic E-state index is 10.2. The summed E-state index contributed by atoms with van der Waals surface area (Å²) in [4.78, 5) is 8.43. The minimum absolute atomic E-state index is 0.0592. The monoisotopic (exact) mass is 361 g/mol. The Hall–Kier alpha value is -2.50. The molecule has 0 atom stereocenters. The fraction of sp³-hybridized carbons (Fsp3) is 0.0588. The molecule has 3 N–H and O–H groups in total. The standard InChI is InChI=1S/C17H13Cl2N3O2/c1-24-15-5-3-2-4-10(15)13-8-14(22-17(20)21-13)11-6-9(18)7-12(19)16(11)23/h2-8,23H,1H3,(H2,20,21,22). The number of nitrogen functional groups attached to an aromatic ring is 1. The topological polar surface area (TPSA) is 81.3 Å². The second-order valence-electron chi connectivity index (χ2n) is 4.98. The first-order valence-corrected chi connectivity index (χ1v) is 7.71. The lowest BCUT2D eigenvalue weighted by Crippen LogP contribution is -2.00. The van der Waals surface area contributed by atoms with Crippen molar-refractivity contribution in [2.75, 3.05) is 12.8 Å². The van der Waals surface area contributed by atoms with E-state index in [1.807, 2.05) is 24.3 Å². The Morgan fingerprint density at radius 3 is 2.38 bits per heavy atom. The summed E-state index contributed by atoms with van der Waals surface area (Å²) >= 11 is 12.0. The maximum Gasteiger partial charge on any atom is 0.221 e. The number of para-hydroxylation sites is 1. The molecule has 0 fully saturated rings. The highest BCUT2D eigenvalue weighted by atomic mass is 35.5. The molecule has 0 aliphatic carbocycles. The van der Waals surface area contributed by atoms with Crippen LogP contribution in [-0.2, 0) is 0 Å². The summed E-state index contributed by atoms with van der Waals surface area (Å²) in [7, 11) is 1.58. The van der Waals surface area contributed by atoms with Gasteiger partial charge in [-0.05, 0) is 30.3 Å². The van der Waals surface area contributed by atoms with Crippen LogP contribution < -0.4 is 10.5 Å². The minimum atomic E-state index is -0.120. The van der Waals surface area contributed by atoms with Crippen LogP contribution in [0, 0.1) is 0 Å². The number of methoxy groups -OCH3 is 1. The summed E-state index contributed by atoms with van der Waals surface area (Å²) in [5.74, 6) is 0.587. The lowest BCUT2D eigenvalue weighted by Gasteiger charge is -2.11. The maximum atomic E-state index is 10.2. The summed E-state index contributed by atoms with van der Waals surface area (Å²) in [6.45, 7) is 0. The number of aromatic nitrogens is 2. The van der Waals surface area contributed by atoms with Gasteiger partial charge in [0, 0.05) is 16.1 Å². The second-order valence-corrected chi connectivity index (χ2v) is 5.82. The van der Waals surface area contributed by atoms with Crippen LogP contribution in [0.2, 0.25) is 10.0 Å². The molecular formula is C17H13Cl2N3O2. The Morgan fingerprint density at radius 2 is 1.67 bits per heavy atom. The van der Waals surface area contributed by atoms with Crippen molar-refractivity contribution >= 4 is 29.2 Å². The Kier molecular flexibility index (Phi) is 4.46. The van der Waals surface area contributed by atoms with Crippen LogP contribution in [0.4, 0.5) is 5.95 Å². The van der Waals surface area contributed by atoms with E-state index < -0.39 is 0 Å². The second kappa shape index (κ2) is 6.55. The third-order valence-electron chi connectivity index (χ3n) is 3.43. The first-order chi connectivity index (χ1) is 11.5. The van der Waals surface area contributed by atoms with E-state index >= 15 is 0 Å². The number of benzene rings is 2. The van der Waals surface area contributed by atoms with Gasteiger partial charge in [-0.2, -0.15) is 0 Å². The van der Waals surface area contributed by atoms with E-state index in [9.17, 15) is 5.11 Å². The molecule has 0 saturated heterocycles. The molecule has 0 saturated carbocycles. The largest absolute Gasteiger partial charge is 0.506 e. The molecule has 122 valence electrons. The first kappa shape index (κ1) is 16.4. The Balaban J connectivity index is 2.21. The molecule has 2 aromatic carbocycles. The van der Waals surface area contributed by atoms with Gasteiger partial charge in [0.25, 0.3) is 0 Å². The number of aromatic hydroxyl groups is 1. The molecular weight excluding hydrogens is 349 g/mol. The Morgan fingerprint density at radius 1 is 1.00 bits per heavy atom. The van der Waals surface area contributed by atoms with Crippen molar-refractivity contribution in [1.82, 2.24) is 9.97 Å². The van der Waals surface area contributed by atoms with Crippen molar-refractivity contribution in [2.45, 2.75) is 0 Å². The highest BCUT2D eigenvalue weighted by molar-refractivity contribution is 6.36. The number of rotatable bonds is 3. The molecule has 0 spiro atoms. The van der Waals surface area contributed by atoms with Crippen molar-refractivity contribution in [3.8, 4) is 34.0 Å². The highest BCUT2D eigenvalue weighted by Gasteiger charge is 2.15. The van der Waals surface area contributed by atoms with Crippen molar-refractivity contribution in [3.63, 3.8) is 0 Å². The average Bonchev–Trinajstić information content (AvgIpc) is 2.57. The highest BCUT2D eigenvalue weighted by Crippen LogP contribution is 2.39. The van der Waals surface area contributed by atoms with Crippen LogP contribution >= 0.6 is 23.2 Å². The van der Waals surface area contributed by atoms with Gasteiger partial charge >= 0.3 is 0 Å². The number of hydrogen-bond acceptors (Lipinski definition) is 5. The summed E-state index contributed by atoms with van der Waals surface area (Å²) in [5.41, 5.74) is 7.94. The predicted octanol–water partition coefficient (Wildman–Crippen LogP) is 4.41. The van der Waals surface area contributed by atoms with Crippen molar-refractivity contribution in [1.29, 1.82) is 0 Å². The number of phenolic OH excluding ortho intramolecular Hbond substituents is 1. The van der Waals surface area contributed by atoms with Gasteiger partial charge in [0.05, 0.1) is 23.5 Å². The van der Waals surface area contributed by atoms with Crippen LogP contribution in [0.3, 0.4) is 0 Å². The SMILES string of the molecule is COc1ccccc1-c1cc(-c2cc(Cl)cc(Cl)c2O)nc(N)n1. The van der Waals surface area contributed by atoms with Gasteiger partial charge < -0.3 is 15.6 Å². The van der Waals surface area contributed by atoms with E-state index in [1.54, 1.807) is 19.2 Å². The number of anilines is 1. The van der Waals surface area contributed by atoms with Gasteiger partial charge in [-0.1, -0.05) is 35.3 Å². The van der Waals surface area contributed by atoms with Crippen LogP contribution in [0.5, 0.6) is 11.5 Å². The molecule has 24 heavy (non-hydrogen) atoms. The molecule has 5 nitrogen and oxygen atoms in total. The lowest BCUT2D eigenvalue weighted by molar-refractivity contribution is 0.416. The Labute approximate surface area is 148 Å². The van der Waals surface area contributed by atoms with Crippen LogP contribution in [0.25, 0.3) is 22.5 Å². The molecule has 7 heteroatoms. The van der Waals surface area contributed by atoms with Crippen LogP contribution in [-0.4, -0.2) is 22.2 Å². The fourth-order valence-electron chi connectivity index (χ4n) is 2.36. The Bertz CT molecular complexity index is 916. The van der Waals surface area contributed by atoms with Crippen molar-refractivity contribution < 1.29 is 9.84 Å². The van der Waals surface area contributed by atoms with E-state index in [4.69, 9.17) is 33.7 Å². The molecule has 1 heterocycles. The zero-order valence-electron chi connectivity index (χ0n) is 12.6. The van der Waals surface area contributed by atoms with Gasteiger partial charge in [-0.25, -0.2) is 9.97 Å².